The summed E-state index contributed by atoms with van der Waals surface area (Å²) in [7, 11) is 0. The van der Waals surface area contributed by atoms with Gasteiger partial charge in [0.25, 0.3) is 5.91 Å². The molecule has 1 unspecified atom stereocenters. The van der Waals surface area contributed by atoms with E-state index in [1.54, 1.807) is 30.3 Å². The number of para-hydroxylation sites is 1. The zero-order valence-electron chi connectivity index (χ0n) is 17.4. The zero-order valence-corrected chi connectivity index (χ0v) is 18.2. The minimum Gasteiger partial charge on any atom is -0.385 e. The number of nitrogens with zero attached hydrogens (tertiary/aromatic N) is 3. The molecule has 0 aliphatic rings. The van der Waals surface area contributed by atoms with E-state index < -0.39 is 11.9 Å². The molecule has 158 valence electrons. The summed E-state index contributed by atoms with van der Waals surface area (Å²) in [5, 5.41) is 11.9. The number of aryl methyl sites for hydroxylation is 2. The Bertz CT molecular complexity index is 1090. The van der Waals surface area contributed by atoms with Crippen molar-refractivity contribution in [2.24, 2.45) is 21.0 Å². The van der Waals surface area contributed by atoms with Crippen LogP contribution in [0.25, 0.3) is 0 Å². The molecule has 0 radical (unpaired) electrons. The molecule has 0 spiro atoms. The van der Waals surface area contributed by atoms with Crippen LogP contribution >= 0.6 is 11.6 Å². The fraction of sp³-hybridized carbons (Fsp3) is 0.167. The second-order valence-corrected chi connectivity index (χ2v) is 7.54. The highest BCUT2D eigenvalue weighted by Gasteiger charge is 2.22. The summed E-state index contributed by atoms with van der Waals surface area (Å²) in [4.78, 5) is 17.3. The van der Waals surface area contributed by atoms with Gasteiger partial charge in [0.05, 0.1) is 12.2 Å². The lowest BCUT2D eigenvalue weighted by Gasteiger charge is -2.12. The first-order valence-corrected chi connectivity index (χ1v) is 10.2. The van der Waals surface area contributed by atoms with Gasteiger partial charge < -0.3 is 11.1 Å². The Hall–Kier alpha value is -3.51. The van der Waals surface area contributed by atoms with Crippen LogP contribution in [0.15, 0.2) is 88.0 Å². The Labute approximate surface area is 186 Å². The molecule has 3 N–H and O–H groups in total. The van der Waals surface area contributed by atoms with Gasteiger partial charge in [0.1, 0.15) is 5.84 Å². The standard InChI is InChI=1S/C24H24ClN5O/c1-16-8-10-18(11-9-16)15-27-23(26)22(24(31)28-19-6-4-3-5-7-19)30-29-20-12-13-21(25)17(2)14-20/h3-14,22H,15H2,1-2H3,(H2,26,27)(H,28,31)/b30-29+. The van der Waals surface area contributed by atoms with Gasteiger partial charge in [0, 0.05) is 10.7 Å². The van der Waals surface area contributed by atoms with Gasteiger partial charge >= 0.3 is 0 Å². The normalized spacial score (nSPS) is 12.7. The highest BCUT2D eigenvalue weighted by Crippen LogP contribution is 2.22. The maximum Gasteiger partial charge on any atom is 0.258 e. The predicted octanol–water partition coefficient (Wildman–Crippen LogP) is 5.61. The van der Waals surface area contributed by atoms with E-state index in [1.807, 2.05) is 56.3 Å². The van der Waals surface area contributed by atoms with Gasteiger partial charge in [0.15, 0.2) is 0 Å². The van der Waals surface area contributed by atoms with Crippen LogP contribution in [0.5, 0.6) is 0 Å². The molecule has 0 heterocycles. The van der Waals surface area contributed by atoms with Crippen LogP contribution in [-0.4, -0.2) is 17.8 Å². The van der Waals surface area contributed by atoms with Gasteiger partial charge in [0.2, 0.25) is 6.04 Å². The topological polar surface area (TPSA) is 92.2 Å². The van der Waals surface area contributed by atoms with Crippen molar-refractivity contribution >= 4 is 34.7 Å². The highest BCUT2D eigenvalue weighted by molar-refractivity contribution is 6.31. The number of aliphatic imine (C=N–C) groups is 1. The molecule has 1 amide bonds. The molecule has 0 fully saturated rings. The van der Waals surface area contributed by atoms with Crippen molar-refractivity contribution in [2.45, 2.75) is 26.4 Å². The first-order valence-electron chi connectivity index (χ1n) is 9.80. The molecule has 7 heteroatoms. The number of nitrogens with one attached hydrogen (secondary N) is 1. The fourth-order valence-corrected chi connectivity index (χ4v) is 2.87. The van der Waals surface area contributed by atoms with E-state index in [9.17, 15) is 4.79 Å². The van der Waals surface area contributed by atoms with E-state index in [0.29, 0.717) is 22.9 Å². The lowest BCUT2D eigenvalue weighted by Crippen LogP contribution is -2.38. The number of carbonyl (C=O) groups is 1. The highest BCUT2D eigenvalue weighted by atomic mass is 35.5. The molecule has 0 saturated heterocycles. The third kappa shape index (κ3) is 6.49. The number of rotatable bonds is 7. The summed E-state index contributed by atoms with van der Waals surface area (Å²) in [6.07, 6.45) is 0. The van der Waals surface area contributed by atoms with Gasteiger partial charge in [-0.1, -0.05) is 59.6 Å². The minimum atomic E-state index is -1.07. The molecule has 6 nitrogen and oxygen atoms in total. The van der Waals surface area contributed by atoms with E-state index in [-0.39, 0.29) is 5.84 Å². The van der Waals surface area contributed by atoms with E-state index in [0.717, 1.165) is 16.7 Å². The smallest absolute Gasteiger partial charge is 0.258 e. The number of nitrogens with two attached hydrogens (primary N) is 1. The Morgan fingerprint density at radius 2 is 1.74 bits per heavy atom. The van der Waals surface area contributed by atoms with E-state index in [1.165, 1.54) is 0 Å². The summed E-state index contributed by atoms with van der Waals surface area (Å²) in [6.45, 7) is 4.24. The van der Waals surface area contributed by atoms with Crippen molar-refractivity contribution < 1.29 is 4.79 Å². The fourth-order valence-electron chi connectivity index (χ4n) is 2.76. The second kappa shape index (κ2) is 10.5. The molecule has 0 aromatic heterocycles. The number of benzene rings is 3. The Kier molecular flexibility index (Phi) is 7.51. The summed E-state index contributed by atoms with van der Waals surface area (Å²) in [5.74, 6) is -0.325. The van der Waals surface area contributed by atoms with Gasteiger partial charge in [-0.2, -0.15) is 10.2 Å². The molecule has 31 heavy (non-hydrogen) atoms. The van der Waals surface area contributed by atoms with Crippen molar-refractivity contribution in [1.29, 1.82) is 0 Å². The number of hydrogen-bond donors (Lipinski definition) is 2. The van der Waals surface area contributed by atoms with Crippen LogP contribution in [0.1, 0.15) is 16.7 Å². The third-order valence-electron chi connectivity index (χ3n) is 4.56. The number of amides is 1. The van der Waals surface area contributed by atoms with Crippen LogP contribution < -0.4 is 11.1 Å². The SMILES string of the molecule is Cc1ccc(C/N=C(\N)C(/N=N/c2ccc(Cl)c(C)c2)C(=O)Nc2ccccc2)cc1. The number of halogens is 1. The number of amidine groups is 1. The maximum absolute atomic E-state index is 12.9. The van der Waals surface area contributed by atoms with Gasteiger partial charge in [-0.3, -0.25) is 9.79 Å². The Morgan fingerprint density at radius 1 is 1.03 bits per heavy atom. The molecule has 1 atom stereocenters. The predicted molar refractivity (Wildman–Crippen MR) is 126 cm³/mol. The lowest BCUT2D eigenvalue weighted by atomic mass is 10.1. The number of azo groups is 1. The average Bonchev–Trinajstić information content (AvgIpc) is 2.76. The summed E-state index contributed by atoms with van der Waals surface area (Å²) >= 11 is 6.07. The van der Waals surface area contributed by atoms with Gasteiger partial charge in [-0.05, 0) is 55.3 Å². The molecule has 0 bridgehead atoms. The van der Waals surface area contributed by atoms with Crippen LogP contribution in [-0.2, 0) is 11.3 Å². The van der Waals surface area contributed by atoms with Gasteiger partial charge in [-0.25, -0.2) is 0 Å². The van der Waals surface area contributed by atoms with Crippen molar-refractivity contribution in [3.8, 4) is 0 Å². The Balaban J connectivity index is 1.83. The van der Waals surface area contributed by atoms with Crippen LogP contribution in [0.2, 0.25) is 5.02 Å². The number of anilines is 1. The molecular formula is C24H24ClN5O. The molecule has 3 rings (SSSR count). The maximum atomic E-state index is 12.9. The summed E-state index contributed by atoms with van der Waals surface area (Å²) < 4.78 is 0. The quantitative estimate of drug-likeness (QED) is 0.288. The van der Waals surface area contributed by atoms with Crippen LogP contribution in [0.4, 0.5) is 11.4 Å². The lowest BCUT2D eigenvalue weighted by molar-refractivity contribution is -0.116. The van der Waals surface area contributed by atoms with Crippen molar-refractivity contribution in [3.05, 3.63) is 94.5 Å². The van der Waals surface area contributed by atoms with Crippen LogP contribution in [0.3, 0.4) is 0 Å². The van der Waals surface area contributed by atoms with Crippen molar-refractivity contribution in [3.63, 3.8) is 0 Å². The molecule has 0 saturated carbocycles. The number of hydrogen-bond acceptors (Lipinski definition) is 4. The molecule has 0 aliphatic heterocycles. The van der Waals surface area contributed by atoms with E-state index >= 15 is 0 Å². The first-order chi connectivity index (χ1) is 14.9. The third-order valence-corrected chi connectivity index (χ3v) is 4.99. The molecule has 3 aromatic rings. The molecule has 0 aliphatic carbocycles. The molecular weight excluding hydrogens is 410 g/mol. The van der Waals surface area contributed by atoms with Crippen molar-refractivity contribution in [2.75, 3.05) is 5.32 Å². The second-order valence-electron chi connectivity index (χ2n) is 7.13. The van der Waals surface area contributed by atoms with E-state index in [2.05, 4.69) is 20.5 Å². The van der Waals surface area contributed by atoms with Crippen molar-refractivity contribution in [1.82, 2.24) is 0 Å². The summed E-state index contributed by atoms with van der Waals surface area (Å²) in [6, 6.07) is 21.2. The molecule has 3 aromatic carbocycles. The van der Waals surface area contributed by atoms with Gasteiger partial charge in [-0.15, -0.1) is 0 Å². The monoisotopic (exact) mass is 433 g/mol. The van der Waals surface area contributed by atoms with E-state index in [4.69, 9.17) is 17.3 Å². The minimum absolute atomic E-state index is 0.0865. The average molecular weight is 434 g/mol. The summed E-state index contributed by atoms with van der Waals surface area (Å²) in [5.41, 5.74) is 10.4. The zero-order chi connectivity index (χ0) is 22.2. The van der Waals surface area contributed by atoms with Crippen LogP contribution in [0, 0.1) is 13.8 Å². The Morgan fingerprint density at radius 3 is 2.42 bits per heavy atom. The first kappa shape index (κ1) is 22.2. The largest absolute Gasteiger partial charge is 0.385 e. The number of carbonyl (C=O) groups excluding carboxylic acids is 1.